The smallest absolute Gasteiger partial charge is 0.338 e. The molecule has 15 heavy (non-hydrogen) atoms. The standard InChI is InChI=1S/C8H7BNO5/c1-15-8(11)5-2-6(9-12)4-7(3-5)10(13)14/h2-4,12H,1H3. The van der Waals surface area contributed by atoms with E-state index in [-0.39, 0.29) is 16.7 Å². The Morgan fingerprint density at radius 3 is 2.67 bits per heavy atom. The van der Waals surface area contributed by atoms with Crippen LogP contribution in [0, 0.1) is 10.1 Å². The first-order chi connectivity index (χ1) is 7.08. The van der Waals surface area contributed by atoms with Crippen molar-refractivity contribution >= 4 is 24.6 Å². The van der Waals surface area contributed by atoms with Crippen molar-refractivity contribution in [2.24, 2.45) is 0 Å². The maximum Gasteiger partial charge on any atom is 0.338 e. The number of carbonyl (C=O) groups excluding carboxylic acids is 1. The number of methoxy groups -OCH3 is 1. The van der Waals surface area contributed by atoms with Gasteiger partial charge in [-0.05, 0) is 5.46 Å². The van der Waals surface area contributed by atoms with Gasteiger partial charge in [-0.15, -0.1) is 0 Å². The van der Waals surface area contributed by atoms with E-state index in [4.69, 9.17) is 5.02 Å². The summed E-state index contributed by atoms with van der Waals surface area (Å²) in [5, 5.41) is 19.2. The molecule has 0 amide bonds. The summed E-state index contributed by atoms with van der Waals surface area (Å²) in [6, 6.07) is 3.52. The molecule has 0 fully saturated rings. The number of benzene rings is 1. The number of rotatable bonds is 3. The van der Waals surface area contributed by atoms with E-state index in [0.717, 1.165) is 12.1 Å². The summed E-state index contributed by atoms with van der Waals surface area (Å²) in [5.41, 5.74) is -0.0881. The average Bonchev–Trinajstić information content (AvgIpc) is 2.27. The van der Waals surface area contributed by atoms with Crippen molar-refractivity contribution in [1.29, 1.82) is 0 Å². The lowest BCUT2D eigenvalue weighted by Gasteiger charge is -2.01. The molecule has 0 spiro atoms. The molecular weight excluding hydrogens is 201 g/mol. The number of hydrogen-bond donors (Lipinski definition) is 1. The highest BCUT2D eigenvalue weighted by Gasteiger charge is 2.14. The fourth-order valence-corrected chi connectivity index (χ4v) is 1.05. The first-order valence-corrected chi connectivity index (χ1v) is 3.93. The molecule has 0 saturated carbocycles. The highest BCUT2D eigenvalue weighted by atomic mass is 16.6. The molecule has 0 aliphatic heterocycles. The summed E-state index contributed by atoms with van der Waals surface area (Å²) < 4.78 is 4.41. The summed E-state index contributed by atoms with van der Waals surface area (Å²) in [6.07, 6.45) is 0. The van der Waals surface area contributed by atoms with Gasteiger partial charge in [-0.3, -0.25) is 10.1 Å². The monoisotopic (exact) mass is 208 g/mol. The predicted molar refractivity (Wildman–Crippen MR) is 52.0 cm³/mol. The maximum absolute atomic E-state index is 11.1. The first-order valence-electron chi connectivity index (χ1n) is 3.93. The zero-order valence-corrected chi connectivity index (χ0v) is 7.84. The highest BCUT2D eigenvalue weighted by Crippen LogP contribution is 2.12. The van der Waals surface area contributed by atoms with Crippen LogP contribution in [0.4, 0.5) is 5.69 Å². The quantitative estimate of drug-likeness (QED) is 0.316. The lowest BCUT2D eigenvalue weighted by Crippen LogP contribution is -2.17. The van der Waals surface area contributed by atoms with Crippen LogP contribution in [0.25, 0.3) is 0 Å². The molecule has 1 rings (SSSR count). The zero-order chi connectivity index (χ0) is 11.4. The SMILES string of the molecule is COC(=O)c1cc([B]O)cc([N+](=O)[O-])c1. The van der Waals surface area contributed by atoms with Crippen LogP contribution in [-0.2, 0) is 4.74 Å². The van der Waals surface area contributed by atoms with Crippen LogP contribution < -0.4 is 5.46 Å². The number of hydrogen-bond acceptors (Lipinski definition) is 5. The molecule has 0 aliphatic rings. The van der Waals surface area contributed by atoms with Crippen molar-refractivity contribution in [1.82, 2.24) is 0 Å². The molecule has 0 aromatic heterocycles. The van der Waals surface area contributed by atoms with Crippen molar-refractivity contribution in [3.05, 3.63) is 33.9 Å². The normalized spacial score (nSPS) is 9.47. The number of nitro benzene ring substituents is 1. The van der Waals surface area contributed by atoms with E-state index in [1.165, 1.54) is 13.2 Å². The highest BCUT2D eigenvalue weighted by molar-refractivity contribution is 6.45. The number of nitro groups is 1. The summed E-state index contributed by atoms with van der Waals surface area (Å²) >= 11 is 0. The molecule has 1 aromatic carbocycles. The molecule has 7 heteroatoms. The number of nitrogens with zero attached hydrogens (tertiary/aromatic N) is 1. The molecule has 6 nitrogen and oxygen atoms in total. The molecule has 0 bridgehead atoms. The van der Waals surface area contributed by atoms with E-state index in [2.05, 4.69) is 4.74 Å². The lowest BCUT2D eigenvalue weighted by atomic mass is 9.87. The Labute approximate surface area is 85.9 Å². The summed E-state index contributed by atoms with van der Waals surface area (Å²) in [5.74, 6) is -0.693. The average molecular weight is 208 g/mol. The summed E-state index contributed by atoms with van der Waals surface area (Å²) in [7, 11) is 1.85. The lowest BCUT2D eigenvalue weighted by molar-refractivity contribution is -0.384. The van der Waals surface area contributed by atoms with E-state index >= 15 is 0 Å². The number of non-ortho nitro benzene ring substituents is 1. The van der Waals surface area contributed by atoms with E-state index in [1.807, 2.05) is 0 Å². The van der Waals surface area contributed by atoms with Crippen LogP contribution in [-0.4, -0.2) is 30.5 Å². The Kier molecular flexibility index (Phi) is 3.40. The molecular formula is C8H7BNO5. The van der Waals surface area contributed by atoms with Crippen LogP contribution >= 0.6 is 0 Å². The summed E-state index contributed by atoms with van der Waals surface area (Å²) in [4.78, 5) is 21.0. The van der Waals surface area contributed by atoms with Crippen LogP contribution in [0.3, 0.4) is 0 Å². The van der Waals surface area contributed by atoms with Crippen molar-refractivity contribution in [3.8, 4) is 0 Å². The van der Waals surface area contributed by atoms with Crippen LogP contribution in [0.15, 0.2) is 18.2 Å². The maximum atomic E-state index is 11.1. The van der Waals surface area contributed by atoms with Gasteiger partial charge in [0.05, 0.1) is 17.6 Å². The molecule has 0 saturated heterocycles. The fraction of sp³-hybridized carbons (Fsp3) is 0.125. The van der Waals surface area contributed by atoms with E-state index in [1.54, 1.807) is 0 Å². The Balaban J connectivity index is 3.23. The van der Waals surface area contributed by atoms with E-state index in [9.17, 15) is 14.9 Å². The number of carbonyl (C=O) groups is 1. The minimum Gasteiger partial charge on any atom is -0.465 e. The fourth-order valence-electron chi connectivity index (χ4n) is 1.05. The Morgan fingerprint density at radius 2 is 2.20 bits per heavy atom. The Morgan fingerprint density at radius 1 is 1.53 bits per heavy atom. The van der Waals surface area contributed by atoms with Crippen molar-refractivity contribution in [3.63, 3.8) is 0 Å². The van der Waals surface area contributed by atoms with Gasteiger partial charge in [0, 0.05) is 12.1 Å². The minimum absolute atomic E-state index is 0.0204. The first kappa shape index (κ1) is 11.2. The van der Waals surface area contributed by atoms with Crippen molar-refractivity contribution in [2.45, 2.75) is 0 Å². The topological polar surface area (TPSA) is 89.7 Å². The van der Waals surface area contributed by atoms with Gasteiger partial charge in [-0.25, -0.2) is 4.79 Å². The predicted octanol–water partition coefficient (Wildman–Crippen LogP) is -0.382. The van der Waals surface area contributed by atoms with E-state index in [0.29, 0.717) is 7.48 Å². The Hall–Kier alpha value is -1.89. The largest absolute Gasteiger partial charge is 0.465 e. The molecule has 77 valence electrons. The molecule has 0 aliphatic carbocycles. The van der Waals surface area contributed by atoms with Gasteiger partial charge in [0.25, 0.3) is 5.69 Å². The van der Waals surface area contributed by atoms with Crippen LogP contribution in [0.1, 0.15) is 10.4 Å². The molecule has 1 radical (unpaired) electrons. The minimum atomic E-state index is -0.693. The molecule has 0 atom stereocenters. The van der Waals surface area contributed by atoms with Crippen LogP contribution in [0.2, 0.25) is 0 Å². The third-order valence-electron chi connectivity index (χ3n) is 1.72. The molecule has 0 heterocycles. The van der Waals surface area contributed by atoms with Gasteiger partial charge >= 0.3 is 13.5 Å². The number of ether oxygens (including phenoxy) is 1. The van der Waals surface area contributed by atoms with Gasteiger partial charge in [-0.2, -0.15) is 0 Å². The third kappa shape index (κ3) is 2.53. The van der Waals surface area contributed by atoms with Crippen molar-refractivity contribution in [2.75, 3.05) is 7.11 Å². The summed E-state index contributed by atoms with van der Waals surface area (Å²) in [6.45, 7) is 0. The zero-order valence-electron chi connectivity index (χ0n) is 7.84. The van der Waals surface area contributed by atoms with Gasteiger partial charge < -0.3 is 9.76 Å². The van der Waals surface area contributed by atoms with Crippen LogP contribution in [0.5, 0.6) is 0 Å². The van der Waals surface area contributed by atoms with Crippen molar-refractivity contribution < 1.29 is 19.5 Å². The molecule has 0 unspecified atom stereocenters. The van der Waals surface area contributed by atoms with Gasteiger partial charge in [-0.1, -0.05) is 6.07 Å². The van der Waals surface area contributed by atoms with E-state index < -0.39 is 10.9 Å². The van der Waals surface area contributed by atoms with Gasteiger partial charge in [0.2, 0.25) is 0 Å². The molecule has 1 N–H and O–H groups in total. The van der Waals surface area contributed by atoms with Gasteiger partial charge in [0.15, 0.2) is 0 Å². The number of esters is 1. The second-order valence-corrected chi connectivity index (χ2v) is 2.69. The third-order valence-corrected chi connectivity index (χ3v) is 1.72. The second-order valence-electron chi connectivity index (χ2n) is 2.69. The molecule has 1 aromatic rings. The van der Waals surface area contributed by atoms with Gasteiger partial charge in [0.1, 0.15) is 0 Å². The Bertz CT molecular complexity index is 406. The second kappa shape index (κ2) is 4.56.